The summed E-state index contributed by atoms with van der Waals surface area (Å²) in [5.74, 6) is -0.347. The molecule has 6 heteroatoms. The van der Waals surface area contributed by atoms with Gasteiger partial charge >= 0.3 is 0 Å². The lowest BCUT2D eigenvalue weighted by Crippen LogP contribution is -2.32. The Morgan fingerprint density at radius 1 is 1.38 bits per heavy atom. The van der Waals surface area contributed by atoms with Gasteiger partial charge in [-0.05, 0) is 44.2 Å². The molecule has 0 radical (unpaired) electrons. The van der Waals surface area contributed by atoms with Crippen LogP contribution < -0.4 is 16.6 Å². The zero-order chi connectivity index (χ0) is 15.1. The van der Waals surface area contributed by atoms with Crippen LogP contribution in [0.25, 0.3) is 0 Å². The van der Waals surface area contributed by atoms with Crippen LogP contribution in [0.1, 0.15) is 42.5 Å². The molecule has 0 unspecified atom stereocenters. The number of nitrogens with one attached hydrogen (secondary N) is 2. The summed E-state index contributed by atoms with van der Waals surface area (Å²) in [4.78, 5) is 25.7. The van der Waals surface area contributed by atoms with Crippen molar-refractivity contribution in [1.29, 1.82) is 0 Å². The fourth-order valence-corrected chi connectivity index (χ4v) is 2.47. The van der Waals surface area contributed by atoms with E-state index in [4.69, 9.17) is 10.5 Å². The Balaban J connectivity index is 1.61. The van der Waals surface area contributed by atoms with Gasteiger partial charge in [-0.1, -0.05) is 0 Å². The Labute approximate surface area is 124 Å². The molecule has 1 aromatic rings. The van der Waals surface area contributed by atoms with E-state index in [9.17, 15) is 9.59 Å². The van der Waals surface area contributed by atoms with Gasteiger partial charge in [0.15, 0.2) is 0 Å². The average Bonchev–Trinajstić information content (AvgIpc) is 2.49. The molecule has 21 heavy (non-hydrogen) atoms. The quantitative estimate of drug-likeness (QED) is 0.675. The number of hydrogen-bond donors (Lipinski definition) is 3. The van der Waals surface area contributed by atoms with Crippen LogP contribution in [0.5, 0.6) is 0 Å². The fourth-order valence-electron chi connectivity index (χ4n) is 2.47. The maximum atomic E-state index is 11.8. The van der Waals surface area contributed by atoms with E-state index in [0.29, 0.717) is 25.3 Å². The summed E-state index contributed by atoms with van der Waals surface area (Å²) in [7, 11) is 0. The molecule has 1 fully saturated rings. The number of H-pyrrole nitrogens is 1. The van der Waals surface area contributed by atoms with Gasteiger partial charge in [-0.15, -0.1) is 0 Å². The molecule has 0 aromatic carbocycles. The lowest BCUT2D eigenvalue weighted by atomic mass is 9.94. The first-order chi connectivity index (χ1) is 10.2. The third-order valence-electron chi connectivity index (χ3n) is 3.74. The normalized spacial score (nSPS) is 22.0. The van der Waals surface area contributed by atoms with Gasteiger partial charge in [0.1, 0.15) is 5.56 Å². The topological polar surface area (TPSA) is 97.2 Å². The molecule has 2 rings (SSSR count). The molecule has 0 bridgehead atoms. The zero-order valence-electron chi connectivity index (χ0n) is 12.1. The van der Waals surface area contributed by atoms with Crippen molar-refractivity contribution in [2.75, 3.05) is 13.2 Å². The second kappa shape index (κ2) is 7.95. The molecule has 1 aliphatic rings. The first kappa shape index (κ1) is 15.7. The molecule has 0 atom stereocenters. The number of rotatable bonds is 6. The minimum atomic E-state index is -0.371. The van der Waals surface area contributed by atoms with Gasteiger partial charge in [-0.25, -0.2) is 0 Å². The number of carbonyl (C=O) groups excluding carboxylic acids is 1. The van der Waals surface area contributed by atoms with Crippen LogP contribution in [0.4, 0.5) is 0 Å². The molecule has 1 heterocycles. The summed E-state index contributed by atoms with van der Waals surface area (Å²) < 4.78 is 5.77. The minimum absolute atomic E-state index is 0.139. The molecule has 0 saturated heterocycles. The van der Waals surface area contributed by atoms with E-state index in [1.165, 1.54) is 12.3 Å². The van der Waals surface area contributed by atoms with Crippen molar-refractivity contribution in [1.82, 2.24) is 10.3 Å². The van der Waals surface area contributed by atoms with E-state index in [0.717, 1.165) is 32.1 Å². The lowest BCUT2D eigenvalue weighted by Gasteiger charge is -2.26. The molecule has 4 N–H and O–H groups in total. The number of carbonyl (C=O) groups is 1. The van der Waals surface area contributed by atoms with E-state index < -0.39 is 0 Å². The number of ether oxygens (including phenoxy) is 1. The SMILES string of the molecule is NC1CCC(OCCCNC(=O)c2ccc[nH]c2=O)CC1. The van der Waals surface area contributed by atoms with Gasteiger partial charge in [0.25, 0.3) is 11.5 Å². The highest BCUT2D eigenvalue weighted by Crippen LogP contribution is 2.19. The van der Waals surface area contributed by atoms with Crippen LogP contribution in [0.2, 0.25) is 0 Å². The van der Waals surface area contributed by atoms with E-state index in [-0.39, 0.29) is 17.0 Å². The van der Waals surface area contributed by atoms with Crippen molar-refractivity contribution in [3.63, 3.8) is 0 Å². The average molecular weight is 293 g/mol. The Hall–Kier alpha value is -1.66. The largest absolute Gasteiger partial charge is 0.378 e. The third kappa shape index (κ3) is 4.99. The number of amides is 1. The summed E-state index contributed by atoms with van der Waals surface area (Å²) >= 11 is 0. The number of nitrogens with two attached hydrogens (primary N) is 1. The molecule has 1 aromatic heterocycles. The number of aromatic amines is 1. The van der Waals surface area contributed by atoms with Crippen molar-refractivity contribution in [2.45, 2.75) is 44.2 Å². The maximum absolute atomic E-state index is 11.8. The first-order valence-electron chi connectivity index (χ1n) is 7.50. The summed E-state index contributed by atoms with van der Waals surface area (Å²) in [5.41, 5.74) is 5.61. The smallest absolute Gasteiger partial charge is 0.260 e. The van der Waals surface area contributed by atoms with Crippen molar-refractivity contribution < 1.29 is 9.53 Å². The van der Waals surface area contributed by atoms with Crippen LogP contribution >= 0.6 is 0 Å². The van der Waals surface area contributed by atoms with E-state index in [1.54, 1.807) is 6.07 Å². The second-order valence-electron chi connectivity index (χ2n) is 5.43. The second-order valence-corrected chi connectivity index (χ2v) is 5.43. The lowest BCUT2D eigenvalue weighted by molar-refractivity contribution is 0.0241. The summed E-state index contributed by atoms with van der Waals surface area (Å²) in [6, 6.07) is 3.47. The van der Waals surface area contributed by atoms with Crippen molar-refractivity contribution in [3.05, 3.63) is 34.2 Å². The van der Waals surface area contributed by atoms with E-state index >= 15 is 0 Å². The highest BCUT2D eigenvalue weighted by atomic mass is 16.5. The number of hydrogen-bond acceptors (Lipinski definition) is 4. The summed E-state index contributed by atoms with van der Waals surface area (Å²) in [5, 5.41) is 2.73. The third-order valence-corrected chi connectivity index (χ3v) is 3.74. The van der Waals surface area contributed by atoms with Gasteiger partial charge in [0.05, 0.1) is 6.10 Å². The Morgan fingerprint density at radius 3 is 2.86 bits per heavy atom. The van der Waals surface area contributed by atoms with Gasteiger partial charge in [-0.2, -0.15) is 0 Å². The number of pyridine rings is 1. The van der Waals surface area contributed by atoms with E-state index in [2.05, 4.69) is 10.3 Å². The van der Waals surface area contributed by atoms with Crippen molar-refractivity contribution in [3.8, 4) is 0 Å². The Morgan fingerprint density at radius 2 is 2.14 bits per heavy atom. The van der Waals surface area contributed by atoms with Gasteiger partial charge < -0.3 is 20.8 Å². The highest BCUT2D eigenvalue weighted by molar-refractivity contribution is 5.93. The van der Waals surface area contributed by atoms with Crippen LogP contribution in [0.15, 0.2) is 23.1 Å². The summed E-state index contributed by atoms with van der Waals surface area (Å²) in [6.07, 6.45) is 6.63. The molecule has 6 nitrogen and oxygen atoms in total. The molecule has 1 amide bonds. The predicted octanol–water partition coefficient (Wildman–Crippen LogP) is 0.781. The van der Waals surface area contributed by atoms with Crippen LogP contribution in [-0.2, 0) is 4.74 Å². The molecule has 1 aliphatic carbocycles. The molecule has 0 aliphatic heterocycles. The van der Waals surface area contributed by atoms with Gasteiger partial charge in [-0.3, -0.25) is 9.59 Å². The van der Waals surface area contributed by atoms with E-state index in [1.807, 2.05) is 0 Å². The molecular weight excluding hydrogens is 270 g/mol. The molecule has 116 valence electrons. The molecule has 0 spiro atoms. The van der Waals surface area contributed by atoms with Gasteiger partial charge in [0, 0.05) is 25.4 Å². The zero-order valence-corrected chi connectivity index (χ0v) is 12.1. The summed E-state index contributed by atoms with van der Waals surface area (Å²) in [6.45, 7) is 1.12. The molecular formula is C15H23N3O3. The Bertz CT molecular complexity index is 507. The van der Waals surface area contributed by atoms with Crippen molar-refractivity contribution >= 4 is 5.91 Å². The fraction of sp³-hybridized carbons (Fsp3) is 0.600. The highest BCUT2D eigenvalue weighted by Gasteiger charge is 2.18. The van der Waals surface area contributed by atoms with Gasteiger partial charge in [0.2, 0.25) is 0 Å². The Kier molecular flexibility index (Phi) is 5.95. The first-order valence-corrected chi connectivity index (χ1v) is 7.50. The monoisotopic (exact) mass is 293 g/mol. The van der Waals surface area contributed by atoms with Crippen LogP contribution in [-0.4, -0.2) is 36.2 Å². The minimum Gasteiger partial charge on any atom is -0.378 e. The van der Waals surface area contributed by atoms with Crippen molar-refractivity contribution in [2.24, 2.45) is 5.73 Å². The predicted molar refractivity (Wildman–Crippen MR) is 80.2 cm³/mol. The van der Waals surface area contributed by atoms with Crippen LogP contribution in [0, 0.1) is 0 Å². The standard InChI is InChI=1S/C15H23N3O3/c16-11-4-6-12(7-5-11)21-10-2-9-18-15(20)13-3-1-8-17-14(13)19/h1,3,8,11-12H,2,4-7,9-10,16H2,(H,17,19)(H,18,20). The number of aromatic nitrogens is 1. The maximum Gasteiger partial charge on any atom is 0.260 e. The molecule has 1 saturated carbocycles. The van der Waals surface area contributed by atoms with Crippen LogP contribution in [0.3, 0.4) is 0 Å².